The van der Waals surface area contributed by atoms with E-state index in [4.69, 9.17) is 10.2 Å². The number of nitrogens with one attached hydrogen (secondary N) is 1. The zero-order valence-corrected chi connectivity index (χ0v) is 9.11. The van der Waals surface area contributed by atoms with E-state index >= 15 is 0 Å². The number of carboxylic acid groups (broad SMARTS) is 1. The Hall–Kier alpha value is -1.95. The first-order chi connectivity index (χ1) is 7.91. The molecule has 1 aromatic rings. The molecule has 17 heavy (non-hydrogen) atoms. The lowest BCUT2D eigenvalue weighted by atomic mass is 10.1. The molecule has 92 valence electrons. The molecule has 0 radical (unpaired) electrons. The molecule has 0 bridgehead atoms. The van der Waals surface area contributed by atoms with Crippen LogP contribution in [0.2, 0.25) is 0 Å². The van der Waals surface area contributed by atoms with Gasteiger partial charge in [-0.2, -0.15) is 0 Å². The summed E-state index contributed by atoms with van der Waals surface area (Å²) in [6.07, 6.45) is -1.65. The van der Waals surface area contributed by atoms with Crippen LogP contribution in [0.25, 0.3) is 0 Å². The predicted octanol–water partition coefficient (Wildman–Crippen LogP) is 0.309. The lowest BCUT2D eigenvalue weighted by molar-refractivity contribution is -0.146. The van der Waals surface area contributed by atoms with Crippen molar-refractivity contribution < 1.29 is 24.2 Å². The van der Waals surface area contributed by atoms with E-state index < -0.39 is 30.3 Å². The molecular formula is C11H12FNO4. The molecule has 0 aliphatic heterocycles. The van der Waals surface area contributed by atoms with Crippen molar-refractivity contribution in [2.75, 3.05) is 6.54 Å². The van der Waals surface area contributed by atoms with Crippen LogP contribution >= 0.6 is 0 Å². The van der Waals surface area contributed by atoms with Crippen LogP contribution in [-0.2, 0) is 4.79 Å². The second-order valence-corrected chi connectivity index (χ2v) is 3.53. The van der Waals surface area contributed by atoms with Crippen LogP contribution in [0.5, 0.6) is 0 Å². The molecule has 5 nitrogen and oxygen atoms in total. The van der Waals surface area contributed by atoms with Gasteiger partial charge in [-0.3, -0.25) is 4.79 Å². The summed E-state index contributed by atoms with van der Waals surface area (Å²) in [7, 11) is 0. The Kier molecular flexibility index (Phi) is 4.17. The normalized spacial score (nSPS) is 11.9. The number of carbonyl (C=O) groups is 2. The fraction of sp³-hybridized carbons (Fsp3) is 0.273. The van der Waals surface area contributed by atoms with Crippen LogP contribution in [0, 0.1) is 12.7 Å². The number of hydrogen-bond donors (Lipinski definition) is 3. The van der Waals surface area contributed by atoms with Crippen molar-refractivity contribution in [1.29, 1.82) is 0 Å². The van der Waals surface area contributed by atoms with Gasteiger partial charge in [-0.25, -0.2) is 9.18 Å². The number of aliphatic hydroxyl groups excluding tert-OH is 1. The molecular weight excluding hydrogens is 229 g/mol. The van der Waals surface area contributed by atoms with Gasteiger partial charge in [-0.1, -0.05) is 0 Å². The fourth-order valence-corrected chi connectivity index (χ4v) is 1.16. The van der Waals surface area contributed by atoms with Crippen molar-refractivity contribution in [3.63, 3.8) is 0 Å². The van der Waals surface area contributed by atoms with Crippen molar-refractivity contribution in [2.24, 2.45) is 0 Å². The van der Waals surface area contributed by atoms with Gasteiger partial charge < -0.3 is 15.5 Å². The van der Waals surface area contributed by atoms with Gasteiger partial charge in [0.25, 0.3) is 5.91 Å². The molecule has 1 unspecified atom stereocenters. The average molecular weight is 241 g/mol. The number of amides is 1. The fourth-order valence-electron chi connectivity index (χ4n) is 1.16. The minimum atomic E-state index is -1.65. The Morgan fingerprint density at radius 2 is 2.12 bits per heavy atom. The molecule has 0 spiro atoms. The molecule has 3 N–H and O–H groups in total. The smallest absolute Gasteiger partial charge is 0.334 e. The molecule has 6 heteroatoms. The van der Waals surface area contributed by atoms with Crippen molar-refractivity contribution >= 4 is 11.9 Å². The summed E-state index contributed by atoms with van der Waals surface area (Å²) in [6, 6.07) is 3.78. The maximum atomic E-state index is 12.9. The summed E-state index contributed by atoms with van der Waals surface area (Å²) in [5, 5.41) is 19.6. The van der Waals surface area contributed by atoms with E-state index in [0.717, 1.165) is 6.07 Å². The van der Waals surface area contributed by atoms with Crippen molar-refractivity contribution in [3.05, 3.63) is 35.1 Å². The van der Waals surface area contributed by atoms with Gasteiger partial charge >= 0.3 is 5.97 Å². The standard InChI is InChI=1S/C11H12FNO4/c1-6-4-7(2-3-8(6)12)10(15)13-5-9(14)11(16)17/h2-4,9,14H,5H2,1H3,(H,13,15)(H,16,17). The highest BCUT2D eigenvalue weighted by molar-refractivity contribution is 5.94. The predicted molar refractivity (Wildman–Crippen MR) is 57.1 cm³/mol. The summed E-state index contributed by atoms with van der Waals surface area (Å²) in [4.78, 5) is 21.8. The number of carbonyl (C=O) groups excluding carboxylic acids is 1. The number of aliphatic hydroxyl groups is 1. The van der Waals surface area contributed by atoms with E-state index in [9.17, 15) is 14.0 Å². The highest BCUT2D eigenvalue weighted by atomic mass is 19.1. The number of aliphatic carboxylic acids is 1. The number of halogens is 1. The second kappa shape index (κ2) is 5.40. The van der Waals surface area contributed by atoms with Gasteiger partial charge in [0, 0.05) is 5.56 Å². The third-order valence-corrected chi connectivity index (χ3v) is 2.16. The number of carboxylic acids is 1. The molecule has 0 aromatic heterocycles. The highest BCUT2D eigenvalue weighted by Crippen LogP contribution is 2.08. The van der Waals surface area contributed by atoms with Crippen LogP contribution in [-0.4, -0.2) is 34.7 Å². The monoisotopic (exact) mass is 241 g/mol. The first kappa shape index (κ1) is 13.1. The summed E-state index contributed by atoms with van der Waals surface area (Å²) in [5.41, 5.74) is 0.526. The third kappa shape index (κ3) is 3.53. The number of benzene rings is 1. The molecule has 0 saturated heterocycles. The van der Waals surface area contributed by atoms with Crippen LogP contribution in [0.1, 0.15) is 15.9 Å². The Bertz CT molecular complexity index is 447. The van der Waals surface area contributed by atoms with Crippen LogP contribution in [0.3, 0.4) is 0 Å². The molecule has 1 aromatic carbocycles. The van der Waals surface area contributed by atoms with Crippen LogP contribution in [0.4, 0.5) is 4.39 Å². The maximum Gasteiger partial charge on any atom is 0.334 e. The topological polar surface area (TPSA) is 86.6 Å². The van der Waals surface area contributed by atoms with Gasteiger partial charge in [-0.05, 0) is 30.7 Å². The van der Waals surface area contributed by atoms with Gasteiger partial charge in [0.2, 0.25) is 0 Å². The Labute approximate surface area is 96.9 Å². The first-order valence-corrected chi connectivity index (χ1v) is 4.87. The molecule has 1 atom stereocenters. The van der Waals surface area contributed by atoms with E-state index in [-0.39, 0.29) is 5.56 Å². The molecule has 0 aliphatic carbocycles. The van der Waals surface area contributed by atoms with Crippen LogP contribution in [0.15, 0.2) is 18.2 Å². The van der Waals surface area contributed by atoms with E-state index in [0.29, 0.717) is 5.56 Å². The largest absolute Gasteiger partial charge is 0.479 e. The Morgan fingerprint density at radius 1 is 1.47 bits per heavy atom. The molecule has 0 aliphatic rings. The van der Waals surface area contributed by atoms with Crippen molar-refractivity contribution in [3.8, 4) is 0 Å². The SMILES string of the molecule is Cc1cc(C(=O)NCC(O)C(=O)O)ccc1F. The van der Waals surface area contributed by atoms with E-state index in [1.807, 2.05) is 0 Å². The lowest BCUT2D eigenvalue weighted by Crippen LogP contribution is -2.36. The van der Waals surface area contributed by atoms with Gasteiger partial charge in [-0.15, -0.1) is 0 Å². The van der Waals surface area contributed by atoms with Crippen molar-refractivity contribution in [1.82, 2.24) is 5.32 Å². The number of aryl methyl sites for hydroxylation is 1. The minimum Gasteiger partial charge on any atom is -0.479 e. The summed E-state index contributed by atoms with van der Waals surface area (Å²) < 4.78 is 12.9. The zero-order chi connectivity index (χ0) is 13.0. The summed E-state index contributed by atoms with van der Waals surface area (Å²) in [5.74, 6) is -2.40. The Balaban J connectivity index is 2.64. The van der Waals surface area contributed by atoms with Crippen molar-refractivity contribution in [2.45, 2.75) is 13.0 Å². The maximum absolute atomic E-state index is 12.9. The number of hydrogen-bond acceptors (Lipinski definition) is 3. The van der Waals surface area contributed by atoms with Crippen LogP contribution < -0.4 is 5.32 Å². The minimum absolute atomic E-state index is 0.210. The quantitative estimate of drug-likeness (QED) is 0.708. The van der Waals surface area contributed by atoms with Gasteiger partial charge in [0.05, 0.1) is 6.54 Å². The van der Waals surface area contributed by atoms with E-state index in [1.165, 1.54) is 19.1 Å². The molecule has 0 fully saturated rings. The lowest BCUT2D eigenvalue weighted by Gasteiger charge is -2.08. The van der Waals surface area contributed by atoms with E-state index in [1.54, 1.807) is 0 Å². The molecule has 0 saturated carbocycles. The average Bonchev–Trinajstić information content (AvgIpc) is 2.28. The summed E-state index contributed by atoms with van der Waals surface area (Å²) >= 11 is 0. The second-order valence-electron chi connectivity index (χ2n) is 3.53. The molecule has 0 heterocycles. The highest BCUT2D eigenvalue weighted by Gasteiger charge is 2.15. The van der Waals surface area contributed by atoms with Gasteiger partial charge in [0.15, 0.2) is 6.10 Å². The molecule has 1 amide bonds. The summed E-state index contributed by atoms with van der Waals surface area (Å²) in [6.45, 7) is 1.11. The van der Waals surface area contributed by atoms with E-state index in [2.05, 4.69) is 5.32 Å². The third-order valence-electron chi connectivity index (χ3n) is 2.16. The number of rotatable bonds is 4. The molecule has 1 rings (SSSR count). The first-order valence-electron chi connectivity index (χ1n) is 4.87. The Morgan fingerprint density at radius 3 is 2.65 bits per heavy atom. The zero-order valence-electron chi connectivity index (χ0n) is 9.11. The van der Waals surface area contributed by atoms with Gasteiger partial charge in [0.1, 0.15) is 5.82 Å².